The molecule has 0 saturated carbocycles. The second-order valence-electron chi connectivity index (χ2n) is 5.84. The van der Waals surface area contributed by atoms with Crippen LogP contribution in [-0.2, 0) is 0 Å². The molecule has 0 amide bonds. The van der Waals surface area contributed by atoms with Gasteiger partial charge in [0.05, 0.1) is 14.2 Å². The van der Waals surface area contributed by atoms with Gasteiger partial charge in [-0.25, -0.2) is 0 Å². The minimum atomic E-state index is 0.138. The van der Waals surface area contributed by atoms with E-state index in [4.69, 9.17) is 14.2 Å². The Bertz CT molecular complexity index is 390. The highest BCUT2D eigenvalue weighted by molar-refractivity contribution is 5.42. The van der Waals surface area contributed by atoms with Crippen molar-refractivity contribution >= 4 is 0 Å². The lowest BCUT2D eigenvalue weighted by atomic mass is 9.87. The summed E-state index contributed by atoms with van der Waals surface area (Å²) in [6.45, 7) is 10.2. The zero-order valence-electron chi connectivity index (χ0n) is 13.4. The number of methoxy groups -OCH3 is 2. The second kappa shape index (κ2) is 7.39. The highest BCUT2D eigenvalue weighted by atomic mass is 16.5. The fourth-order valence-electron chi connectivity index (χ4n) is 1.91. The molecule has 0 fully saturated rings. The first-order valence-electron chi connectivity index (χ1n) is 7.00. The highest BCUT2D eigenvalue weighted by Gasteiger charge is 2.24. The second-order valence-corrected chi connectivity index (χ2v) is 5.84. The van der Waals surface area contributed by atoms with Gasteiger partial charge in [-0.3, -0.25) is 0 Å². The Hall–Kier alpha value is -1.42. The predicted octanol–water partition coefficient (Wildman–Crippen LogP) is 3.11. The Morgan fingerprint density at radius 1 is 1.00 bits per heavy atom. The van der Waals surface area contributed by atoms with E-state index in [-0.39, 0.29) is 11.5 Å². The summed E-state index contributed by atoms with van der Waals surface area (Å²) in [6.07, 6.45) is 0. The molecule has 0 aliphatic rings. The molecule has 0 aromatic heterocycles. The highest BCUT2D eigenvalue weighted by Crippen LogP contribution is 2.28. The van der Waals surface area contributed by atoms with E-state index in [1.165, 1.54) is 0 Å². The zero-order chi connectivity index (χ0) is 15.2. The first kappa shape index (κ1) is 16.6. The summed E-state index contributed by atoms with van der Waals surface area (Å²) < 4.78 is 16.4. The van der Waals surface area contributed by atoms with Gasteiger partial charge in [0.15, 0.2) is 0 Å². The average Bonchev–Trinajstić information content (AvgIpc) is 2.41. The molecule has 4 nitrogen and oxygen atoms in total. The maximum Gasteiger partial charge on any atom is 0.126 e. The molecule has 1 unspecified atom stereocenters. The van der Waals surface area contributed by atoms with Gasteiger partial charge >= 0.3 is 0 Å². The maximum absolute atomic E-state index is 5.91. The summed E-state index contributed by atoms with van der Waals surface area (Å²) in [4.78, 5) is 0. The predicted molar refractivity (Wildman–Crippen MR) is 82.0 cm³/mol. The molecule has 1 aromatic carbocycles. The van der Waals surface area contributed by atoms with Crippen molar-refractivity contribution in [3.8, 4) is 17.2 Å². The van der Waals surface area contributed by atoms with Crippen LogP contribution in [0.15, 0.2) is 18.2 Å². The molecular weight excluding hydrogens is 254 g/mol. The molecule has 0 saturated heterocycles. The van der Waals surface area contributed by atoms with E-state index < -0.39 is 0 Å². The normalized spacial score (nSPS) is 12.9. The minimum Gasteiger partial charge on any atom is -0.496 e. The van der Waals surface area contributed by atoms with E-state index in [9.17, 15) is 0 Å². The molecule has 0 radical (unpaired) electrons. The van der Waals surface area contributed by atoms with Crippen molar-refractivity contribution in [1.29, 1.82) is 0 Å². The molecule has 1 N–H and O–H groups in total. The van der Waals surface area contributed by atoms with E-state index >= 15 is 0 Å². The molecule has 0 heterocycles. The number of rotatable bonds is 7. The molecule has 1 atom stereocenters. The van der Waals surface area contributed by atoms with Crippen molar-refractivity contribution < 1.29 is 14.2 Å². The number of likely N-dealkylation sites (N-methyl/N-ethyl adjacent to an activating group) is 1. The van der Waals surface area contributed by atoms with Crippen LogP contribution in [0.3, 0.4) is 0 Å². The first-order chi connectivity index (χ1) is 9.40. The van der Waals surface area contributed by atoms with Crippen molar-refractivity contribution in [3.63, 3.8) is 0 Å². The molecule has 0 spiro atoms. The zero-order valence-corrected chi connectivity index (χ0v) is 13.4. The molecule has 0 aliphatic carbocycles. The smallest absolute Gasteiger partial charge is 0.126 e. The number of hydrogen-bond acceptors (Lipinski definition) is 4. The van der Waals surface area contributed by atoms with E-state index in [1.54, 1.807) is 14.2 Å². The number of ether oxygens (including phenoxy) is 3. The van der Waals surface area contributed by atoms with E-state index in [0.29, 0.717) is 6.61 Å². The van der Waals surface area contributed by atoms with Gasteiger partial charge in [0.2, 0.25) is 0 Å². The van der Waals surface area contributed by atoms with Crippen LogP contribution in [0.25, 0.3) is 0 Å². The molecular formula is C16H27NO3. The molecule has 1 rings (SSSR count). The van der Waals surface area contributed by atoms with E-state index in [1.807, 2.05) is 18.2 Å². The summed E-state index contributed by atoms with van der Waals surface area (Å²) in [5.74, 6) is 2.22. The standard InChI is InChI=1S/C16H27NO3/c1-7-17-15(16(2,3)4)11-20-14-9-12(18-5)8-13(10-14)19-6/h8-10,15,17H,7,11H2,1-6H3. The van der Waals surface area contributed by atoms with Crippen molar-refractivity contribution in [1.82, 2.24) is 5.32 Å². The largest absolute Gasteiger partial charge is 0.496 e. The molecule has 0 bridgehead atoms. The van der Waals surface area contributed by atoms with E-state index in [2.05, 4.69) is 33.0 Å². The lowest BCUT2D eigenvalue weighted by Crippen LogP contribution is -2.44. The van der Waals surface area contributed by atoms with Crippen LogP contribution in [0.5, 0.6) is 17.2 Å². The van der Waals surface area contributed by atoms with Crippen molar-refractivity contribution in [2.24, 2.45) is 5.41 Å². The molecule has 0 aliphatic heterocycles. The van der Waals surface area contributed by atoms with Gasteiger partial charge < -0.3 is 19.5 Å². The number of nitrogens with one attached hydrogen (secondary N) is 1. The minimum absolute atomic E-state index is 0.138. The molecule has 114 valence electrons. The quantitative estimate of drug-likeness (QED) is 0.833. The average molecular weight is 281 g/mol. The Labute approximate surface area is 122 Å². The van der Waals surface area contributed by atoms with Gasteiger partial charge in [-0.1, -0.05) is 27.7 Å². The first-order valence-corrected chi connectivity index (χ1v) is 7.00. The Kier molecular flexibility index (Phi) is 6.14. The van der Waals surface area contributed by atoms with Crippen LogP contribution < -0.4 is 19.5 Å². The van der Waals surface area contributed by atoms with E-state index in [0.717, 1.165) is 23.8 Å². The molecule has 20 heavy (non-hydrogen) atoms. The number of benzene rings is 1. The lowest BCUT2D eigenvalue weighted by Gasteiger charge is -2.31. The lowest BCUT2D eigenvalue weighted by molar-refractivity contribution is 0.175. The summed E-state index contributed by atoms with van der Waals surface area (Å²) >= 11 is 0. The van der Waals surface area contributed by atoms with Gasteiger partial charge in [0.25, 0.3) is 0 Å². The topological polar surface area (TPSA) is 39.7 Å². The summed E-state index contributed by atoms with van der Waals surface area (Å²) in [5.41, 5.74) is 0.138. The van der Waals surface area contributed by atoms with Crippen LogP contribution in [0.2, 0.25) is 0 Å². The fraction of sp³-hybridized carbons (Fsp3) is 0.625. The third-order valence-electron chi connectivity index (χ3n) is 3.24. The van der Waals surface area contributed by atoms with Gasteiger partial charge in [-0.2, -0.15) is 0 Å². The Morgan fingerprint density at radius 3 is 1.90 bits per heavy atom. The SMILES string of the molecule is CCNC(COc1cc(OC)cc(OC)c1)C(C)(C)C. The van der Waals surface area contributed by atoms with Gasteiger partial charge in [0.1, 0.15) is 23.9 Å². The Morgan fingerprint density at radius 2 is 1.50 bits per heavy atom. The molecule has 1 aromatic rings. The summed E-state index contributed by atoms with van der Waals surface area (Å²) in [6, 6.07) is 5.85. The molecule has 4 heteroatoms. The van der Waals surface area contributed by atoms with Crippen LogP contribution >= 0.6 is 0 Å². The van der Waals surface area contributed by atoms with Crippen molar-refractivity contribution in [2.75, 3.05) is 27.4 Å². The van der Waals surface area contributed by atoms with Gasteiger partial charge in [-0.05, 0) is 12.0 Å². The number of hydrogen-bond donors (Lipinski definition) is 1. The summed E-state index contributed by atoms with van der Waals surface area (Å²) in [7, 11) is 3.27. The monoisotopic (exact) mass is 281 g/mol. The van der Waals surface area contributed by atoms with Crippen molar-refractivity contribution in [3.05, 3.63) is 18.2 Å². The Balaban J connectivity index is 2.76. The third kappa shape index (κ3) is 4.93. The van der Waals surface area contributed by atoms with Crippen LogP contribution in [-0.4, -0.2) is 33.4 Å². The van der Waals surface area contributed by atoms with Crippen LogP contribution in [0, 0.1) is 5.41 Å². The third-order valence-corrected chi connectivity index (χ3v) is 3.24. The summed E-state index contributed by atoms with van der Waals surface area (Å²) in [5, 5.41) is 3.46. The van der Waals surface area contributed by atoms with Crippen molar-refractivity contribution in [2.45, 2.75) is 33.7 Å². The van der Waals surface area contributed by atoms with Crippen LogP contribution in [0.1, 0.15) is 27.7 Å². The maximum atomic E-state index is 5.91. The van der Waals surface area contributed by atoms with Crippen LogP contribution in [0.4, 0.5) is 0 Å². The van der Waals surface area contributed by atoms with Gasteiger partial charge in [0, 0.05) is 24.2 Å². The van der Waals surface area contributed by atoms with Gasteiger partial charge in [-0.15, -0.1) is 0 Å². The fourth-order valence-corrected chi connectivity index (χ4v) is 1.91.